The Hall–Kier alpha value is -4.55. The maximum atomic E-state index is 13.5. The van der Waals surface area contributed by atoms with Crippen molar-refractivity contribution in [3.63, 3.8) is 0 Å². The number of hydrogen-bond acceptors (Lipinski definition) is 5. The first-order valence-corrected chi connectivity index (χ1v) is 13.3. The molecule has 1 heterocycles. The van der Waals surface area contributed by atoms with Crippen LogP contribution in [0, 0.1) is 6.92 Å². The lowest BCUT2D eigenvalue weighted by molar-refractivity contribution is -0.132. The summed E-state index contributed by atoms with van der Waals surface area (Å²) in [5.74, 6) is -0.476. The van der Waals surface area contributed by atoms with Gasteiger partial charge in [-0.3, -0.25) is 14.5 Å². The van der Waals surface area contributed by atoms with Gasteiger partial charge in [0.15, 0.2) is 0 Å². The number of aliphatic hydroxyl groups is 1. The molecule has 1 atom stereocenters. The van der Waals surface area contributed by atoms with E-state index in [1.54, 1.807) is 66.7 Å². The lowest BCUT2D eigenvalue weighted by Gasteiger charge is -2.25. The lowest BCUT2D eigenvalue weighted by atomic mass is 9.94. The number of aliphatic hydroxyl groups excluding tert-OH is 1. The van der Waals surface area contributed by atoms with E-state index in [4.69, 9.17) is 21.1 Å². The molecule has 1 fully saturated rings. The molecule has 4 aromatic rings. The fraction of sp³-hybridized carbons (Fsp3) is 0.152. The molecule has 0 aromatic heterocycles. The molecule has 1 aliphatic rings. The molecular weight excluding hydrogens is 526 g/mol. The number of hydrogen-bond donors (Lipinski definition) is 1. The summed E-state index contributed by atoms with van der Waals surface area (Å²) in [6, 6.07) is 28.0. The summed E-state index contributed by atoms with van der Waals surface area (Å²) in [5.41, 5.74) is 3.31. The van der Waals surface area contributed by atoms with E-state index in [-0.39, 0.29) is 11.3 Å². The lowest BCUT2D eigenvalue weighted by Crippen LogP contribution is -2.29. The number of Topliss-reactive ketones (excluding diaryl/α,β-unsaturated/α-hetero) is 1. The predicted octanol–water partition coefficient (Wildman–Crippen LogP) is 7.25. The van der Waals surface area contributed by atoms with E-state index in [9.17, 15) is 14.7 Å². The van der Waals surface area contributed by atoms with Crippen LogP contribution in [0.1, 0.15) is 35.2 Å². The number of benzene rings is 4. The van der Waals surface area contributed by atoms with Gasteiger partial charge >= 0.3 is 0 Å². The van der Waals surface area contributed by atoms with Gasteiger partial charge in [-0.15, -0.1) is 0 Å². The molecule has 1 unspecified atom stereocenters. The van der Waals surface area contributed by atoms with Crippen LogP contribution in [0.4, 0.5) is 5.69 Å². The summed E-state index contributed by atoms with van der Waals surface area (Å²) < 4.78 is 11.5. The van der Waals surface area contributed by atoms with E-state index in [0.29, 0.717) is 46.5 Å². The topological polar surface area (TPSA) is 76.1 Å². The molecule has 0 spiro atoms. The van der Waals surface area contributed by atoms with Crippen molar-refractivity contribution in [3.8, 4) is 11.5 Å². The average Bonchev–Trinajstić information content (AvgIpc) is 3.23. The van der Waals surface area contributed by atoms with E-state index in [2.05, 4.69) is 0 Å². The van der Waals surface area contributed by atoms with Crippen molar-refractivity contribution in [2.75, 3.05) is 11.5 Å². The van der Waals surface area contributed by atoms with Crippen LogP contribution >= 0.6 is 11.6 Å². The van der Waals surface area contributed by atoms with Crippen LogP contribution in [-0.2, 0) is 16.2 Å². The van der Waals surface area contributed by atoms with Crippen LogP contribution in [-0.4, -0.2) is 23.4 Å². The van der Waals surface area contributed by atoms with E-state index >= 15 is 0 Å². The Bertz CT molecular complexity index is 1580. The Balaban J connectivity index is 1.55. The molecule has 1 saturated heterocycles. The summed E-state index contributed by atoms with van der Waals surface area (Å²) in [6.45, 7) is 4.66. The van der Waals surface area contributed by atoms with Crippen molar-refractivity contribution in [1.82, 2.24) is 0 Å². The molecule has 6 nitrogen and oxygen atoms in total. The molecule has 0 aliphatic carbocycles. The molecule has 5 rings (SSSR count). The van der Waals surface area contributed by atoms with E-state index in [0.717, 1.165) is 11.1 Å². The van der Waals surface area contributed by atoms with Gasteiger partial charge in [-0.1, -0.05) is 60.1 Å². The number of amides is 1. The number of ether oxygens (including phenoxy) is 2. The van der Waals surface area contributed by atoms with Crippen molar-refractivity contribution in [1.29, 1.82) is 0 Å². The first kappa shape index (κ1) is 27.0. The summed E-state index contributed by atoms with van der Waals surface area (Å²) in [4.78, 5) is 28.2. The second-order valence-corrected chi connectivity index (χ2v) is 9.84. The molecule has 0 bridgehead atoms. The number of anilines is 1. The Labute approximate surface area is 238 Å². The second-order valence-electron chi connectivity index (χ2n) is 9.41. The highest BCUT2D eigenvalue weighted by molar-refractivity contribution is 6.51. The quantitative estimate of drug-likeness (QED) is 0.141. The number of halogens is 1. The predicted molar refractivity (Wildman–Crippen MR) is 156 cm³/mol. The van der Waals surface area contributed by atoms with Crippen LogP contribution in [0.15, 0.2) is 103 Å². The number of ketones is 1. The van der Waals surface area contributed by atoms with Crippen molar-refractivity contribution < 1.29 is 24.2 Å². The molecule has 1 amide bonds. The van der Waals surface area contributed by atoms with Gasteiger partial charge in [-0.05, 0) is 79.1 Å². The van der Waals surface area contributed by atoms with Crippen molar-refractivity contribution in [2.24, 2.45) is 0 Å². The summed E-state index contributed by atoms with van der Waals surface area (Å²) in [5, 5.41) is 11.9. The minimum absolute atomic E-state index is 0.00788. The second kappa shape index (κ2) is 11.7. The Morgan fingerprint density at radius 2 is 1.65 bits per heavy atom. The number of nitrogens with zero attached hydrogens (tertiary/aromatic N) is 1. The summed E-state index contributed by atoms with van der Waals surface area (Å²) in [7, 11) is 0. The fourth-order valence-corrected chi connectivity index (χ4v) is 4.99. The maximum Gasteiger partial charge on any atom is 0.300 e. The molecule has 0 saturated carbocycles. The van der Waals surface area contributed by atoms with E-state index < -0.39 is 17.7 Å². The number of carbonyl (C=O) groups excluding carboxylic acids is 2. The van der Waals surface area contributed by atoms with Crippen LogP contribution in [0.3, 0.4) is 0 Å². The fourth-order valence-electron chi connectivity index (χ4n) is 4.80. The number of carbonyl (C=O) groups is 2. The monoisotopic (exact) mass is 553 g/mol. The van der Waals surface area contributed by atoms with Crippen LogP contribution < -0.4 is 14.4 Å². The van der Waals surface area contributed by atoms with Gasteiger partial charge in [0.25, 0.3) is 11.7 Å². The van der Waals surface area contributed by atoms with E-state index in [1.807, 2.05) is 44.2 Å². The minimum Gasteiger partial charge on any atom is -0.507 e. The molecule has 0 radical (unpaired) electrons. The van der Waals surface area contributed by atoms with Crippen LogP contribution in [0.2, 0.25) is 5.02 Å². The average molecular weight is 554 g/mol. The zero-order valence-corrected chi connectivity index (χ0v) is 22.9. The highest BCUT2D eigenvalue weighted by atomic mass is 35.5. The molecular formula is C33H28ClNO5. The standard InChI is InChI=1S/C33H28ClNO5/c1-3-39-27-15-12-23(13-16-27)30-29(32(37)33(38)35(30)26-11-7-10-25(34)19-26)31(36)24-14-17-28(21(2)18-24)40-20-22-8-5-4-6-9-22/h4-19,30,36H,3,20H2,1-2H3/b31-29+. The van der Waals surface area contributed by atoms with Crippen LogP contribution in [0.25, 0.3) is 5.76 Å². The van der Waals surface area contributed by atoms with Gasteiger partial charge < -0.3 is 14.6 Å². The molecule has 4 aromatic carbocycles. The van der Waals surface area contributed by atoms with Crippen molar-refractivity contribution >= 4 is 34.7 Å². The number of rotatable bonds is 8. The largest absolute Gasteiger partial charge is 0.507 e. The molecule has 1 N–H and O–H groups in total. The maximum absolute atomic E-state index is 13.5. The van der Waals surface area contributed by atoms with E-state index in [1.165, 1.54) is 4.90 Å². The smallest absolute Gasteiger partial charge is 0.300 e. The Morgan fingerprint density at radius 3 is 2.33 bits per heavy atom. The van der Waals surface area contributed by atoms with Gasteiger partial charge in [0, 0.05) is 16.3 Å². The molecule has 7 heteroatoms. The van der Waals surface area contributed by atoms with Gasteiger partial charge in [0.1, 0.15) is 23.9 Å². The van der Waals surface area contributed by atoms with Gasteiger partial charge in [0.2, 0.25) is 0 Å². The third-order valence-corrected chi connectivity index (χ3v) is 6.96. The van der Waals surface area contributed by atoms with Crippen LogP contribution in [0.5, 0.6) is 11.5 Å². The Morgan fingerprint density at radius 1 is 0.900 bits per heavy atom. The third-order valence-electron chi connectivity index (χ3n) is 6.72. The zero-order valence-electron chi connectivity index (χ0n) is 22.1. The molecule has 202 valence electrons. The third kappa shape index (κ3) is 5.44. The van der Waals surface area contributed by atoms with Crippen molar-refractivity contribution in [2.45, 2.75) is 26.5 Å². The first-order chi connectivity index (χ1) is 19.4. The number of aryl methyl sites for hydroxylation is 1. The summed E-state index contributed by atoms with van der Waals surface area (Å²) >= 11 is 6.24. The SMILES string of the molecule is CCOc1ccc(C2/C(=C(\O)c3ccc(OCc4ccccc4)c(C)c3)C(=O)C(=O)N2c2cccc(Cl)c2)cc1. The van der Waals surface area contributed by atoms with Gasteiger partial charge in [-0.25, -0.2) is 0 Å². The van der Waals surface area contributed by atoms with Gasteiger partial charge in [-0.2, -0.15) is 0 Å². The molecule has 1 aliphatic heterocycles. The highest BCUT2D eigenvalue weighted by Crippen LogP contribution is 2.43. The first-order valence-electron chi connectivity index (χ1n) is 12.9. The summed E-state index contributed by atoms with van der Waals surface area (Å²) in [6.07, 6.45) is 0. The highest BCUT2D eigenvalue weighted by Gasteiger charge is 2.47. The van der Waals surface area contributed by atoms with Crippen molar-refractivity contribution in [3.05, 3.63) is 130 Å². The normalized spacial score (nSPS) is 16.3. The minimum atomic E-state index is -0.872. The Kier molecular flexibility index (Phi) is 7.89. The zero-order chi connectivity index (χ0) is 28.2. The molecule has 40 heavy (non-hydrogen) atoms. The van der Waals surface area contributed by atoms with Gasteiger partial charge in [0.05, 0.1) is 18.2 Å².